The molecular formula is C17H21Cl2NO4. The van der Waals surface area contributed by atoms with Crippen molar-refractivity contribution in [2.45, 2.75) is 31.1 Å². The van der Waals surface area contributed by atoms with Gasteiger partial charge in [0.2, 0.25) is 0 Å². The highest BCUT2D eigenvalue weighted by Crippen LogP contribution is 2.54. The number of fused-ring (bicyclic) bond motifs is 1. The Morgan fingerprint density at radius 3 is 2.67 bits per heavy atom. The van der Waals surface area contributed by atoms with E-state index in [0.29, 0.717) is 11.8 Å². The Labute approximate surface area is 151 Å². The molecule has 24 heavy (non-hydrogen) atoms. The molecule has 1 aromatic carbocycles. The highest BCUT2D eigenvalue weighted by atomic mass is 35.5. The lowest BCUT2D eigenvalue weighted by Gasteiger charge is -2.28. The molecule has 0 unspecified atom stereocenters. The average Bonchev–Trinajstić information content (AvgIpc) is 3.18. The van der Waals surface area contributed by atoms with Gasteiger partial charge in [-0.2, -0.15) is 0 Å². The first-order chi connectivity index (χ1) is 11.5. The molecule has 132 valence electrons. The molecule has 0 aromatic heterocycles. The third-order valence-corrected chi connectivity index (χ3v) is 6.22. The predicted molar refractivity (Wildman–Crippen MR) is 91.3 cm³/mol. The van der Waals surface area contributed by atoms with Crippen molar-refractivity contribution in [3.63, 3.8) is 0 Å². The fraction of sp³-hybridized carbons (Fsp3) is 0.588. The number of rotatable bonds is 3. The maximum absolute atomic E-state index is 9.66. The number of halogens is 2. The first-order valence-electron chi connectivity index (χ1n) is 8.06. The van der Waals surface area contributed by atoms with E-state index >= 15 is 0 Å². The molecule has 3 aliphatic heterocycles. The molecule has 7 heteroatoms. The first-order valence-corrected chi connectivity index (χ1v) is 8.82. The van der Waals surface area contributed by atoms with Crippen LogP contribution < -0.4 is 0 Å². The molecule has 0 saturated carbocycles. The van der Waals surface area contributed by atoms with E-state index < -0.39 is 0 Å². The van der Waals surface area contributed by atoms with E-state index in [2.05, 4.69) is 4.90 Å². The fourth-order valence-corrected chi connectivity index (χ4v) is 5.08. The second-order valence-electron chi connectivity index (χ2n) is 6.69. The molecule has 0 radical (unpaired) electrons. The van der Waals surface area contributed by atoms with Crippen LogP contribution in [-0.2, 0) is 16.1 Å². The fourth-order valence-electron chi connectivity index (χ4n) is 4.56. The van der Waals surface area contributed by atoms with E-state index in [9.17, 15) is 5.11 Å². The van der Waals surface area contributed by atoms with Gasteiger partial charge >= 0.3 is 0 Å². The minimum absolute atomic E-state index is 0.0359. The number of carboxylic acid groups (broad SMARTS) is 1. The lowest BCUT2D eigenvalue weighted by atomic mass is 9.74. The van der Waals surface area contributed by atoms with E-state index in [1.54, 1.807) is 0 Å². The van der Waals surface area contributed by atoms with E-state index in [4.69, 9.17) is 37.8 Å². The van der Waals surface area contributed by atoms with Gasteiger partial charge in [-0.3, -0.25) is 9.69 Å². The predicted octanol–water partition coefficient (Wildman–Crippen LogP) is 2.67. The summed E-state index contributed by atoms with van der Waals surface area (Å²) < 4.78 is 6.25. The molecule has 3 saturated heterocycles. The molecule has 1 spiro atoms. The van der Waals surface area contributed by atoms with Crippen molar-refractivity contribution in [3.8, 4) is 0 Å². The Kier molecular flexibility index (Phi) is 5.37. The summed E-state index contributed by atoms with van der Waals surface area (Å²) in [6, 6.07) is 5.64. The van der Waals surface area contributed by atoms with Crippen molar-refractivity contribution < 1.29 is 19.7 Å². The van der Waals surface area contributed by atoms with E-state index in [1.807, 2.05) is 18.2 Å². The molecular weight excluding hydrogens is 353 g/mol. The van der Waals surface area contributed by atoms with Crippen molar-refractivity contribution in [1.82, 2.24) is 4.90 Å². The molecule has 3 aliphatic rings. The van der Waals surface area contributed by atoms with Gasteiger partial charge in [0.15, 0.2) is 0 Å². The highest BCUT2D eigenvalue weighted by molar-refractivity contribution is 6.35. The van der Waals surface area contributed by atoms with E-state index in [-0.39, 0.29) is 24.8 Å². The Morgan fingerprint density at radius 2 is 2.04 bits per heavy atom. The number of hydrogen-bond donors (Lipinski definition) is 2. The summed E-state index contributed by atoms with van der Waals surface area (Å²) in [4.78, 5) is 10.7. The van der Waals surface area contributed by atoms with Crippen LogP contribution in [0.4, 0.5) is 0 Å². The van der Waals surface area contributed by atoms with Crippen molar-refractivity contribution in [1.29, 1.82) is 0 Å². The zero-order chi connectivity index (χ0) is 17.3. The summed E-state index contributed by atoms with van der Waals surface area (Å²) >= 11 is 12.6. The topological polar surface area (TPSA) is 70.0 Å². The molecule has 5 nitrogen and oxygen atoms in total. The molecule has 4 atom stereocenters. The standard InChI is InChI=1S/C16H19Cl2NO2.CH2O2/c17-13-2-1-3-14(18)10(13)6-19-7-12-11(8-20)15-4-5-16(12,9-19)21-15;2-1-3/h1-3,11-12,15,20H,4-9H2;1H,(H,2,3)/t11-,12+,15+,16+;/m0./s1. The maximum atomic E-state index is 9.66. The van der Waals surface area contributed by atoms with Crippen LogP contribution in [0.1, 0.15) is 18.4 Å². The molecule has 1 aromatic rings. The summed E-state index contributed by atoms with van der Waals surface area (Å²) in [7, 11) is 0. The van der Waals surface area contributed by atoms with Gasteiger partial charge in [0.1, 0.15) is 0 Å². The number of likely N-dealkylation sites (tertiary alicyclic amines) is 1. The molecule has 4 rings (SSSR count). The zero-order valence-electron chi connectivity index (χ0n) is 13.2. The van der Waals surface area contributed by atoms with Crippen LogP contribution in [0.5, 0.6) is 0 Å². The van der Waals surface area contributed by atoms with Gasteiger partial charge in [-0.25, -0.2) is 0 Å². The lowest BCUT2D eigenvalue weighted by molar-refractivity contribution is -0.122. The zero-order valence-corrected chi connectivity index (χ0v) is 14.7. The molecule has 2 N–H and O–H groups in total. The molecule has 0 aliphatic carbocycles. The van der Waals surface area contributed by atoms with Crippen LogP contribution in [0.25, 0.3) is 0 Å². The maximum Gasteiger partial charge on any atom is 0.290 e. The smallest absolute Gasteiger partial charge is 0.290 e. The van der Waals surface area contributed by atoms with Gasteiger partial charge < -0.3 is 14.9 Å². The van der Waals surface area contributed by atoms with Crippen molar-refractivity contribution in [2.75, 3.05) is 19.7 Å². The second kappa shape index (κ2) is 7.18. The second-order valence-corrected chi connectivity index (χ2v) is 7.50. The number of benzene rings is 1. The monoisotopic (exact) mass is 373 g/mol. The third kappa shape index (κ3) is 3.04. The summed E-state index contributed by atoms with van der Waals surface area (Å²) in [6.45, 7) is 2.62. The van der Waals surface area contributed by atoms with Crippen molar-refractivity contribution in [3.05, 3.63) is 33.8 Å². The van der Waals surface area contributed by atoms with Crippen molar-refractivity contribution in [2.24, 2.45) is 11.8 Å². The van der Waals surface area contributed by atoms with Gasteiger partial charge in [0.05, 0.1) is 11.7 Å². The van der Waals surface area contributed by atoms with Crippen LogP contribution in [0, 0.1) is 11.8 Å². The Bertz CT molecular complexity index is 594. The number of hydrogen-bond acceptors (Lipinski definition) is 4. The van der Waals surface area contributed by atoms with Gasteiger partial charge in [0, 0.05) is 53.7 Å². The summed E-state index contributed by atoms with van der Waals surface area (Å²) in [5.41, 5.74) is 0.957. The lowest BCUT2D eigenvalue weighted by Crippen LogP contribution is -2.37. The van der Waals surface area contributed by atoms with Gasteiger partial charge in [0.25, 0.3) is 6.47 Å². The Balaban J connectivity index is 0.000000526. The molecule has 2 bridgehead atoms. The van der Waals surface area contributed by atoms with Crippen LogP contribution >= 0.6 is 23.2 Å². The van der Waals surface area contributed by atoms with Crippen LogP contribution in [0.3, 0.4) is 0 Å². The van der Waals surface area contributed by atoms with Crippen molar-refractivity contribution >= 4 is 29.7 Å². The molecule has 3 heterocycles. The van der Waals surface area contributed by atoms with Gasteiger partial charge in [-0.05, 0) is 25.0 Å². The van der Waals surface area contributed by atoms with Crippen LogP contribution in [0.15, 0.2) is 18.2 Å². The van der Waals surface area contributed by atoms with Gasteiger partial charge in [-0.15, -0.1) is 0 Å². The van der Waals surface area contributed by atoms with Crippen LogP contribution in [-0.4, -0.2) is 53.0 Å². The van der Waals surface area contributed by atoms with Gasteiger partial charge in [-0.1, -0.05) is 29.3 Å². The van der Waals surface area contributed by atoms with E-state index in [0.717, 1.165) is 48.1 Å². The Hall–Kier alpha value is -0.850. The summed E-state index contributed by atoms with van der Waals surface area (Å²) in [5, 5.41) is 18.0. The molecule has 0 amide bonds. The number of aliphatic hydroxyl groups is 1. The number of aliphatic hydroxyl groups excluding tert-OH is 1. The number of carbonyl (C=O) groups is 1. The summed E-state index contributed by atoms with van der Waals surface area (Å²) in [6.07, 6.45) is 2.47. The normalized spacial score (nSPS) is 33.9. The average molecular weight is 374 g/mol. The quantitative estimate of drug-likeness (QED) is 0.797. The minimum Gasteiger partial charge on any atom is -0.483 e. The first kappa shape index (κ1) is 18.0. The SMILES string of the molecule is O=CO.OC[C@H]1[C@H]2CN(Cc3c(Cl)cccc3Cl)C[C@]23CC[C@H]1O3. The third-order valence-electron chi connectivity index (χ3n) is 5.51. The molecule has 3 fully saturated rings. The number of nitrogens with zero attached hydrogens (tertiary/aromatic N) is 1. The van der Waals surface area contributed by atoms with Crippen LogP contribution in [0.2, 0.25) is 10.0 Å². The highest BCUT2D eigenvalue weighted by Gasteiger charge is 2.62. The number of ether oxygens (including phenoxy) is 1. The largest absolute Gasteiger partial charge is 0.483 e. The van der Waals surface area contributed by atoms with E-state index in [1.165, 1.54) is 0 Å². The summed E-state index contributed by atoms with van der Waals surface area (Å²) in [5.74, 6) is 0.744. The minimum atomic E-state index is -0.250. The Morgan fingerprint density at radius 1 is 1.38 bits per heavy atom.